The van der Waals surface area contributed by atoms with Crippen molar-refractivity contribution >= 4 is 16.3 Å². The number of hydrogen-bond donors (Lipinski definition) is 1. The first-order valence-electron chi connectivity index (χ1n) is 5.90. The molecular formula is C12H15N3O2S. The van der Waals surface area contributed by atoms with E-state index in [1.807, 2.05) is 13.0 Å². The van der Waals surface area contributed by atoms with Crippen LogP contribution in [0.4, 0.5) is 5.00 Å². The minimum absolute atomic E-state index is 0.335. The smallest absolute Gasteiger partial charge is 0.268 e. The van der Waals surface area contributed by atoms with Crippen LogP contribution in [-0.2, 0) is 10.3 Å². The van der Waals surface area contributed by atoms with Gasteiger partial charge in [-0.05, 0) is 37.8 Å². The summed E-state index contributed by atoms with van der Waals surface area (Å²) in [4.78, 5) is 5.41. The van der Waals surface area contributed by atoms with Crippen LogP contribution in [0.1, 0.15) is 30.7 Å². The fourth-order valence-corrected chi connectivity index (χ4v) is 3.10. The minimum atomic E-state index is -0.335. The lowest BCUT2D eigenvalue weighted by Crippen LogP contribution is -2.37. The number of nitrogens with zero attached hydrogens (tertiary/aromatic N) is 2. The third kappa shape index (κ3) is 1.64. The van der Waals surface area contributed by atoms with E-state index in [2.05, 4.69) is 10.1 Å². The van der Waals surface area contributed by atoms with Gasteiger partial charge in [0.2, 0.25) is 5.82 Å². The molecule has 5 nitrogen and oxygen atoms in total. The summed E-state index contributed by atoms with van der Waals surface area (Å²) in [7, 11) is 1.70. The molecule has 0 amide bonds. The van der Waals surface area contributed by atoms with Gasteiger partial charge in [0.25, 0.3) is 5.89 Å². The largest absolute Gasteiger partial charge is 0.391 e. The Labute approximate surface area is 109 Å². The number of anilines is 1. The summed E-state index contributed by atoms with van der Waals surface area (Å²) in [5, 5.41) is 4.82. The van der Waals surface area contributed by atoms with E-state index in [0.717, 1.165) is 34.7 Å². The third-order valence-corrected chi connectivity index (χ3v) is 4.57. The molecule has 96 valence electrons. The highest BCUT2D eigenvalue weighted by Crippen LogP contribution is 2.43. The highest BCUT2D eigenvalue weighted by molar-refractivity contribution is 7.19. The highest BCUT2D eigenvalue weighted by atomic mass is 32.1. The molecule has 6 heteroatoms. The van der Waals surface area contributed by atoms with Gasteiger partial charge in [0, 0.05) is 7.11 Å². The van der Waals surface area contributed by atoms with Gasteiger partial charge >= 0.3 is 0 Å². The fraction of sp³-hybridized carbons (Fsp3) is 0.500. The Bertz CT molecular complexity index is 566. The molecule has 1 aliphatic rings. The second kappa shape index (κ2) is 4.07. The summed E-state index contributed by atoms with van der Waals surface area (Å²) >= 11 is 1.47. The number of methoxy groups -OCH3 is 1. The van der Waals surface area contributed by atoms with Crippen LogP contribution in [0.2, 0.25) is 0 Å². The Morgan fingerprint density at radius 3 is 2.78 bits per heavy atom. The lowest BCUT2D eigenvalue weighted by atomic mass is 9.79. The molecule has 1 fully saturated rings. The Balaban J connectivity index is 1.96. The van der Waals surface area contributed by atoms with Crippen LogP contribution >= 0.6 is 11.3 Å². The molecule has 2 N–H and O–H groups in total. The van der Waals surface area contributed by atoms with Crippen molar-refractivity contribution in [2.45, 2.75) is 31.8 Å². The molecule has 0 saturated heterocycles. The number of nitrogens with two attached hydrogens (primary N) is 1. The van der Waals surface area contributed by atoms with Gasteiger partial charge in [-0.2, -0.15) is 4.98 Å². The SMILES string of the molecule is COC1(c2noc(-c3sc(N)cc3C)n2)CCC1. The number of thiophene rings is 1. The predicted octanol–water partition coefficient (Wildman–Crippen LogP) is 2.71. The number of hydrogen-bond acceptors (Lipinski definition) is 6. The Morgan fingerprint density at radius 1 is 1.50 bits per heavy atom. The maximum absolute atomic E-state index is 5.78. The highest BCUT2D eigenvalue weighted by Gasteiger charge is 2.43. The normalized spacial score (nSPS) is 17.7. The van der Waals surface area contributed by atoms with E-state index < -0.39 is 0 Å². The molecule has 2 aromatic heterocycles. The predicted molar refractivity (Wildman–Crippen MR) is 69.3 cm³/mol. The van der Waals surface area contributed by atoms with Gasteiger partial charge in [-0.1, -0.05) is 5.16 Å². The summed E-state index contributed by atoms with van der Waals surface area (Å²) in [6.45, 7) is 1.99. The summed E-state index contributed by atoms with van der Waals surface area (Å²) in [5.74, 6) is 1.19. The van der Waals surface area contributed by atoms with E-state index in [1.54, 1.807) is 7.11 Å². The van der Waals surface area contributed by atoms with Gasteiger partial charge in [0.05, 0.1) is 9.88 Å². The summed E-state index contributed by atoms with van der Waals surface area (Å²) in [6.07, 6.45) is 3.05. The monoisotopic (exact) mass is 265 g/mol. The van der Waals surface area contributed by atoms with E-state index in [9.17, 15) is 0 Å². The molecule has 0 aliphatic heterocycles. The third-order valence-electron chi connectivity index (χ3n) is 3.52. The summed E-state index contributed by atoms with van der Waals surface area (Å²) < 4.78 is 10.9. The van der Waals surface area contributed by atoms with Crippen LogP contribution in [0.3, 0.4) is 0 Å². The zero-order valence-corrected chi connectivity index (χ0v) is 11.2. The zero-order valence-electron chi connectivity index (χ0n) is 10.4. The van der Waals surface area contributed by atoms with Crippen molar-refractivity contribution in [2.75, 3.05) is 12.8 Å². The van der Waals surface area contributed by atoms with Crippen LogP contribution in [-0.4, -0.2) is 17.3 Å². The molecule has 0 bridgehead atoms. The van der Waals surface area contributed by atoms with Crippen LogP contribution < -0.4 is 5.73 Å². The minimum Gasteiger partial charge on any atom is -0.391 e. The van der Waals surface area contributed by atoms with Gasteiger partial charge in [-0.25, -0.2) is 0 Å². The van der Waals surface area contributed by atoms with Gasteiger partial charge in [0.15, 0.2) is 0 Å². The van der Waals surface area contributed by atoms with E-state index in [-0.39, 0.29) is 5.60 Å². The molecule has 2 heterocycles. The van der Waals surface area contributed by atoms with Crippen molar-refractivity contribution in [3.63, 3.8) is 0 Å². The molecule has 1 saturated carbocycles. The standard InChI is InChI=1S/C12H15N3O2S/c1-7-6-8(13)18-9(7)10-14-11(15-17-10)12(16-2)4-3-5-12/h6H,3-5,13H2,1-2H3. The van der Waals surface area contributed by atoms with Crippen molar-refractivity contribution in [1.82, 2.24) is 10.1 Å². The summed E-state index contributed by atoms with van der Waals surface area (Å²) in [5.41, 5.74) is 6.50. The molecule has 0 radical (unpaired) electrons. The first-order valence-corrected chi connectivity index (χ1v) is 6.72. The second-order valence-electron chi connectivity index (χ2n) is 4.64. The molecular weight excluding hydrogens is 250 g/mol. The number of aromatic nitrogens is 2. The fourth-order valence-electron chi connectivity index (χ4n) is 2.24. The van der Waals surface area contributed by atoms with Crippen molar-refractivity contribution < 1.29 is 9.26 Å². The Hall–Kier alpha value is -1.40. The first-order chi connectivity index (χ1) is 8.64. The van der Waals surface area contributed by atoms with Crippen LogP contribution in [0.25, 0.3) is 10.8 Å². The lowest BCUT2D eigenvalue weighted by Gasteiger charge is -2.37. The van der Waals surface area contributed by atoms with E-state index >= 15 is 0 Å². The molecule has 18 heavy (non-hydrogen) atoms. The average molecular weight is 265 g/mol. The lowest BCUT2D eigenvalue weighted by molar-refractivity contribution is -0.0858. The van der Waals surface area contributed by atoms with Crippen LogP contribution in [0.15, 0.2) is 10.6 Å². The number of aryl methyl sites for hydroxylation is 1. The molecule has 2 aromatic rings. The molecule has 1 aliphatic carbocycles. The molecule has 0 spiro atoms. The maximum Gasteiger partial charge on any atom is 0.268 e. The van der Waals surface area contributed by atoms with Crippen LogP contribution in [0.5, 0.6) is 0 Å². The van der Waals surface area contributed by atoms with Crippen LogP contribution in [0, 0.1) is 6.92 Å². The summed E-state index contributed by atoms with van der Waals surface area (Å²) in [6, 6.07) is 1.92. The Kier molecular flexibility index (Phi) is 2.64. The maximum atomic E-state index is 5.78. The molecule has 0 unspecified atom stereocenters. The van der Waals surface area contributed by atoms with Crippen molar-refractivity contribution in [2.24, 2.45) is 0 Å². The average Bonchev–Trinajstić information content (AvgIpc) is 2.85. The molecule has 3 rings (SSSR count). The van der Waals surface area contributed by atoms with Crippen molar-refractivity contribution in [3.05, 3.63) is 17.5 Å². The number of rotatable bonds is 3. The van der Waals surface area contributed by atoms with E-state index in [0.29, 0.717) is 11.7 Å². The number of ether oxygens (including phenoxy) is 1. The topological polar surface area (TPSA) is 74.2 Å². The van der Waals surface area contributed by atoms with Crippen molar-refractivity contribution in [3.8, 4) is 10.8 Å². The van der Waals surface area contributed by atoms with Gasteiger partial charge in [-0.15, -0.1) is 11.3 Å². The molecule has 0 atom stereocenters. The zero-order chi connectivity index (χ0) is 12.8. The first kappa shape index (κ1) is 11.7. The van der Waals surface area contributed by atoms with E-state index in [1.165, 1.54) is 11.3 Å². The Morgan fingerprint density at radius 2 is 2.28 bits per heavy atom. The molecule has 0 aromatic carbocycles. The van der Waals surface area contributed by atoms with Gasteiger partial charge in [0.1, 0.15) is 5.60 Å². The van der Waals surface area contributed by atoms with Crippen molar-refractivity contribution in [1.29, 1.82) is 0 Å². The number of nitrogen functional groups attached to an aromatic ring is 1. The van der Waals surface area contributed by atoms with E-state index in [4.69, 9.17) is 15.0 Å². The van der Waals surface area contributed by atoms with Gasteiger partial charge < -0.3 is 15.0 Å². The quantitative estimate of drug-likeness (QED) is 0.923. The van der Waals surface area contributed by atoms with Gasteiger partial charge in [-0.3, -0.25) is 0 Å². The second-order valence-corrected chi connectivity index (χ2v) is 5.72.